The van der Waals surface area contributed by atoms with E-state index in [1.54, 1.807) is 18.2 Å². The molecular formula is C81H122F3N35O19S. The first-order chi connectivity index (χ1) is 65.7. The third-order valence-electron chi connectivity index (χ3n) is 19.8. The number of nitrogens with two attached hydrogens (primary N) is 8. The predicted octanol–water partition coefficient (Wildman–Crippen LogP) is -5.72. The van der Waals surface area contributed by atoms with Gasteiger partial charge < -0.3 is 171 Å². The zero-order chi connectivity index (χ0) is 103. The van der Waals surface area contributed by atoms with Crippen LogP contribution in [0.3, 0.4) is 0 Å². The SMILES string of the molecule is N=C(N)NCCC[C@@H](NC(=O)[C@@H](CCCNC(=N)N)NC(=O)[C@@H](CCCNC(=N)N)NC(=O)[C@@H](CCCNC(=N)N)NC(=O)[C@@H](CCCNC(=N)N)NC(=O)[C@@H](CCCNC(=N)N)NC(=O)[C@@H](CCCNC(=N)N)NC(=O)CCCNC(=O)[C@@H](Cc1c[nH]cn1)NC(=O)CCC(=O)OCCNC(=S)Nc1ccc(-c2c3ccc(=O)cc-3oc3cc(O)ccc23)c(C(=O)O)c1)C(N)=O.O=C(O)C(F)(F)F. The van der Waals surface area contributed by atoms with E-state index in [9.17, 15) is 85.7 Å². The van der Waals surface area contributed by atoms with Crippen LogP contribution in [0, 0.1) is 37.9 Å². The van der Waals surface area contributed by atoms with Gasteiger partial charge in [-0.05, 0) is 150 Å². The van der Waals surface area contributed by atoms with Crippen LogP contribution < -0.4 is 147 Å². The minimum absolute atomic E-state index is 0.00491. The number of phenols is 1. The van der Waals surface area contributed by atoms with Crippen LogP contribution in [0.15, 0.2) is 76.3 Å². The Hall–Kier alpha value is -16.4. The number of carboxylic acids is 2. The van der Waals surface area contributed by atoms with Crippen molar-refractivity contribution in [2.75, 3.05) is 70.8 Å². The first kappa shape index (κ1) is 115. The molecule has 0 spiro atoms. The number of guanidine groups is 7. The second-order valence-corrected chi connectivity index (χ2v) is 31.2. The lowest BCUT2D eigenvalue weighted by molar-refractivity contribution is -0.192. The number of thiocarbonyl (C=S) groups is 1. The molecule has 0 saturated heterocycles. The van der Waals surface area contributed by atoms with Gasteiger partial charge in [-0.1, -0.05) is 6.07 Å². The highest BCUT2D eigenvalue weighted by Gasteiger charge is 2.39. The number of aromatic amines is 1. The number of fused-ring (bicyclic) bond motifs is 2. The maximum Gasteiger partial charge on any atom is 0.490 e. The number of halogens is 3. The highest BCUT2D eigenvalue weighted by molar-refractivity contribution is 7.80. The van der Waals surface area contributed by atoms with Crippen LogP contribution in [0.25, 0.3) is 33.4 Å². The number of aromatic carboxylic acids is 1. The van der Waals surface area contributed by atoms with Crippen LogP contribution in [-0.4, -0.2) is 269 Å². The quantitative estimate of drug-likeness (QED) is 0.00431. The number of carbonyl (C=O) groups is 13. The van der Waals surface area contributed by atoms with Gasteiger partial charge in [-0.25, -0.2) is 14.6 Å². The number of anilines is 1. The lowest BCUT2D eigenvalue weighted by Crippen LogP contribution is -2.60. The maximum atomic E-state index is 14.9. The van der Waals surface area contributed by atoms with Crippen molar-refractivity contribution in [1.82, 2.24) is 100 Å². The van der Waals surface area contributed by atoms with Crippen LogP contribution in [0.1, 0.15) is 132 Å². The molecule has 762 valence electrons. The number of benzene rings is 3. The lowest BCUT2D eigenvalue weighted by Gasteiger charge is -2.28. The number of aromatic hydroxyl groups is 1. The summed E-state index contributed by atoms with van der Waals surface area (Å²) in [6, 6.07) is 1.26. The fourth-order valence-corrected chi connectivity index (χ4v) is 13.4. The summed E-state index contributed by atoms with van der Waals surface area (Å²) in [5.41, 5.74) is 45.8. The standard InChI is InChI=1S/C79H121N35O17S.C2HF3O2/c80-63(120)49(9-1-26-97-72(81)82)109-66(123)51(11-3-28-99-74(85)86)111-68(125)53(13-5-30-101-76(89)90)113-70(127)55(15-7-32-103-78(93)94)114-69(126)54(14-6-31-102-77(91)92)112-67(124)52(12-4-29-100-75(87)88)110-65(122)50(10-2-27-98-73(83)84)107-59(117)16-8-25-96-64(121)56(36-42-39-95-40-105-42)108-60(118)23-24-61(119)130-34-33-104-79(132)106-41-17-20-45(48(35-41)71(128)129)62-46-21-18-43(115)37-57(46)131-58-38-44(116)19-22-47(58)62;3-2(4,5)1(6)7/h17-22,35,37-40,49-56,115H,1-16,23-34,36H2,(H2,80,120)(H,95,105)(H,96,121)(H,107,117)(H,108,118)(H,109,123)(H,110,122)(H,111,125)(H,112,124)(H,113,127)(H,114,126)(H,128,129)(H4,81,82,97)(H4,83,84,98)(H4,85,86,99)(H4,87,88,100)(H4,89,90,101)(H4,91,92,102)(H4,93,94,103)(H2,104,106,132);(H,6,7)/t49-,50-,51-,52-,53-,54-,55-,56-;/m1./s1. The molecule has 1 aromatic heterocycles. The van der Waals surface area contributed by atoms with Gasteiger partial charge in [0.1, 0.15) is 72.0 Å². The first-order valence-electron chi connectivity index (χ1n) is 43.3. The summed E-state index contributed by atoms with van der Waals surface area (Å²) in [5, 5.41) is 129. The summed E-state index contributed by atoms with van der Waals surface area (Å²) in [6.07, 6.45) is -4.29. The average Bonchev–Trinajstić information content (AvgIpc) is 0.820. The summed E-state index contributed by atoms with van der Waals surface area (Å²) in [7, 11) is 0. The van der Waals surface area contributed by atoms with Gasteiger partial charge in [0, 0.05) is 112 Å². The number of aliphatic carboxylic acids is 1. The average molecular weight is 1980 g/mol. The van der Waals surface area contributed by atoms with Gasteiger partial charge in [0.2, 0.25) is 59.1 Å². The van der Waals surface area contributed by atoms with E-state index in [2.05, 4.69) is 106 Å². The van der Waals surface area contributed by atoms with Crippen molar-refractivity contribution in [3.63, 3.8) is 0 Å². The van der Waals surface area contributed by atoms with Crippen LogP contribution in [0.5, 0.6) is 5.75 Å². The van der Waals surface area contributed by atoms with E-state index in [4.69, 9.17) is 115 Å². The third-order valence-corrected chi connectivity index (χ3v) is 20.0. The van der Waals surface area contributed by atoms with Crippen molar-refractivity contribution in [2.45, 2.75) is 177 Å². The summed E-state index contributed by atoms with van der Waals surface area (Å²) in [6.45, 7) is -0.294. The number of hydrogen-bond acceptors (Lipinski definition) is 26. The van der Waals surface area contributed by atoms with Crippen molar-refractivity contribution in [3.8, 4) is 28.2 Å². The molecule has 0 bridgehead atoms. The molecule has 0 fully saturated rings. The van der Waals surface area contributed by atoms with Crippen molar-refractivity contribution < 1.29 is 100.0 Å². The maximum absolute atomic E-state index is 14.9. The molecule has 2 aromatic carbocycles. The van der Waals surface area contributed by atoms with Crippen LogP contribution in [0.4, 0.5) is 18.9 Å². The number of H-pyrrole nitrogens is 1. The molecule has 10 amide bonds. The number of carbonyl (C=O) groups excluding carboxylic acids is 11. The van der Waals surface area contributed by atoms with E-state index in [0.717, 1.165) is 0 Å². The number of carboxylic acid groups (broad SMARTS) is 2. The number of primary amides is 1. The molecule has 1 aliphatic heterocycles. The Labute approximate surface area is 797 Å². The van der Waals surface area contributed by atoms with E-state index in [1.807, 2.05) is 0 Å². The van der Waals surface area contributed by atoms with Crippen LogP contribution in [-0.2, 0) is 68.7 Å². The van der Waals surface area contributed by atoms with Crippen molar-refractivity contribution >= 4 is 153 Å². The predicted molar refractivity (Wildman–Crippen MR) is 505 cm³/mol. The first-order valence-corrected chi connectivity index (χ1v) is 43.7. The number of amides is 10. The Kier molecular flexibility index (Phi) is 49.7. The molecule has 3 aromatic rings. The number of hydrogen-bond donors (Lipinski definition) is 37. The summed E-state index contributed by atoms with van der Waals surface area (Å²) in [4.78, 5) is 195. The van der Waals surface area contributed by atoms with Gasteiger partial charge in [0.25, 0.3) is 0 Å². The molecule has 2 aliphatic rings. The van der Waals surface area contributed by atoms with E-state index in [-0.39, 0.29) is 225 Å². The van der Waals surface area contributed by atoms with Gasteiger partial charge in [-0.15, -0.1) is 0 Å². The zero-order valence-corrected chi connectivity index (χ0v) is 76.3. The molecule has 5 rings (SSSR count). The lowest BCUT2D eigenvalue weighted by atomic mass is 9.90. The number of ether oxygens (including phenoxy) is 1. The number of rotatable bonds is 59. The molecule has 0 saturated carbocycles. The Morgan fingerprint density at radius 2 is 0.827 bits per heavy atom. The zero-order valence-electron chi connectivity index (χ0n) is 75.5. The van der Waals surface area contributed by atoms with Gasteiger partial charge in [0.15, 0.2) is 52.3 Å². The smallest absolute Gasteiger partial charge is 0.490 e. The number of nitrogens with one attached hydrogen (secondary N) is 26. The molecule has 2 heterocycles. The minimum Gasteiger partial charge on any atom is -0.508 e. The van der Waals surface area contributed by atoms with E-state index >= 15 is 0 Å². The fourth-order valence-electron chi connectivity index (χ4n) is 13.1. The molecule has 58 heteroatoms. The fraction of sp³-hybridized carbons (Fsp3) is 0.469. The summed E-state index contributed by atoms with van der Waals surface area (Å²) < 4.78 is 43.0. The van der Waals surface area contributed by atoms with E-state index < -0.39 is 180 Å². The molecule has 1 aliphatic carbocycles. The topological polar surface area (TPSA) is 942 Å². The van der Waals surface area contributed by atoms with Crippen molar-refractivity contribution in [2.24, 2.45) is 45.9 Å². The molecule has 54 nitrogen and oxygen atoms in total. The Bertz CT molecular complexity index is 5150. The van der Waals surface area contributed by atoms with Gasteiger partial charge in [-0.2, -0.15) is 13.2 Å². The molecular weight excluding hydrogens is 1860 g/mol. The third kappa shape index (κ3) is 45.5. The summed E-state index contributed by atoms with van der Waals surface area (Å²) >= 11 is 5.44. The van der Waals surface area contributed by atoms with Crippen molar-refractivity contribution in [1.29, 1.82) is 37.9 Å². The monoisotopic (exact) mass is 1980 g/mol. The van der Waals surface area contributed by atoms with Crippen LogP contribution >= 0.6 is 12.2 Å². The van der Waals surface area contributed by atoms with Crippen LogP contribution in [0.2, 0.25) is 0 Å². The highest BCUT2D eigenvalue weighted by atomic mass is 32.1. The number of nitrogens with zero attached hydrogens (tertiary/aromatic N) is 1. The second kappa shape index (κ2) is 60.1. The normalized spacial score (nSPS) is 12.5. The van der Waals surface area contributed by atoms with Gasteiger partial charge in [0.05, 0.1) is 30.6 Å². The second-order valence-electron chi connectivity index (χ2n) is 30.8. The molecule has 45 N–H and O–H groups in total. The number of alkyl halides is 3. The van der Waals surface area contributed by atoms with E-state index in [0.29, 0.717) is 22.2 Å². The minimum atomic E-state index is -5.08. The molecule has 139 heavy (non-hydrogen) atoms. The Morgan fingerprint density at radius 3 is 1.22 bits per heavy atom. The van der Waals surface area contributed by atoms with Gasteiger partial charge in [-0.3, -0.25) is 95.4 Å². The molecule has 8 atom stereocenters. The van der Waals surface area contributed by atoms with Crippen molar-refractivity contribution in [3.05, 3.63) is 88.6 Å². The largest absolute Gasteiger partial charge is 0.508 e. The van der Waals surface area contributed by atoms with E-state index in [1.165, 1.54) is 48.9 Å². The summed E-state index contributed by atoms with van der Waals surface area (Å²) in [5.74, 6) is -16.5. The molecule has 0 radical (unpaired) electrons. The van der Waals surface area contributed by atoms with Gasteiger partial charge >= 0.3 is 24.1 Å². The highest BCUT2D eigenvalue weighted by Crippen LogP contribution is 2.42. The number of phenolic OH excluding ortho intramolecular Hbond substituents is 1. The Morgan fingerprint density at radius 1 is 0.446 bits per heavy atom. The number of esters is 1. The number of aromatic nitrogens is 2. The Balaban J connectivity index is 0.00000553. The molecule has 0 unspecified atom stereocenters. The number of imidazole rings is 1.